The number of hydrogen-bond donors (Lipinski definition) is 0. The first-order valence-electron chi connectivity index (χ1n) is 5.89. The average Bonchev–Trinajstić information content (AvgIpc) is 2.91. The Morgan fingerprint density at radius 2 is 1.67 bits per heavy atom. The average molecular weight is 279 g/mol. The van der Waals surface area contributed by atoms with Crippen LogP contribution in [0.1, 0.15) is 25.7 Å². The first-order chi connectivity index (χ1) is 7.38. The van der Waals surface area contributed by atoms with Gasteiger partial charge in [0.15, 0.2) is 0 Å². The van der Waals surface area contributed by atoms with E-state index in [-0.39, 0.29) is 0 Å². The quantitative estimate of drug-likeness (QED) is 0.706. The maximum atomic E-state index is 2.26. The Morgan fingerprint density at radius 1 is 0.933 bits per heavy atom. The monoisotopic (exact) mass is 278 g/mol. The van der Waals surface area contributed by atoms with Gasteiger partial charge in [-0.1, -0.05) is 0 Å². The number of hydrogen-bond acceptors (Lipinski definition) is 4. The van der Waals surface area contributed by atoms with E-state index < -0.39 is 0 Å². The highest BCUT2D eigenvalue weighted by Gasteiger charge is 2.45. The van der Waals surface area contributed by atoms with Crippen molar-refractivity contribution in [1.29, 1.82) is 0 Å². The van der Waals surface area contributed by atoms with Gasteiger partial charge in [0.1, 0.15) is 0 Å². The van der Waals surface area contributed by atoms with Crippen molar-refractivity contribution in [2.24, 2.45) is 5.92 Å². The third-order valence-corrected chi connectivity index (χ3v) is 10.4. The third-order valence-electron chi connectivity index (χ3n) is 3.52. The largest absolute Gasteiger partial charge is 0.147 e. The van der Waals surface area contributed by atoms with Gasteiger partial charge in [-0.3, -0.25) is 0 Å². The SMILES string of the molecule is C1CSC(C2CCC3(C2)SCCS3)SC1. The fraction of sp³-hybridized carbons (Fsp3) is 1.00. The molecule has 1 atom stereocenters. The molecule has 15 heavy (non-hydrogen) atoms. The lowest BCUT2D eigenvalue weighted by atomic mass is 10.1. The van der Waals surface area contributed by atoms with Crippen molar-refractivity contribution in [2.75, 3.05) is 23.0 Å². The first-order valence-corrected chi connectivity index (χ1v) is 9.96. The first kappa shape index (κ1) is 11.5. The fourth-order valence-corrected chi connectivity index (χ4v) is 9.45. The molecule has 0 aromatic heterocycles. The third kappa shape index (κ3) is 2.48. The molecule has 1 saturated carbocycles. The van der Waals surface area contributed by atoms with Gasteiger partial charge in [-0.25, -0.2) is 0 Å². The second-order valence-corrected chi connectivity index (χ2v) is 10.6. The normalized spacial score (nSPS) is 36.4. The van der Waals surface area contributed by atoms with E-state index in [9.17, 15) is 0 Å². The van der Waals surface area contributed by atoms with Crippen LogP contribution in [0.15, 0.2) is 0 Å². The molecule has 0 radical (unpaired) electrons. The van der Waals surface area contributed by atoms with Crippen molar-refractivity contribution in [3.8, 4) is 0 Å². The molecule has 2 saturated heterocycles. The molecule has 0 N–H and O–H groups in total. The van der Waals surface area contributed by atoms with Crippen LogP contribution >= 0.6 is 47.0 Å². The molecule has 1 unspecified atom stereocenters. The summed E-state index contributed by atoms with van der Waals surface area (Å²) in [5, 5.41) is 0. The van der Waals surface area contributed by atoms with Crippen LogP contribution in [0.2, 0.25) is 0 Å². The summed E-state index contributed by atoms with van der Waals surface area (Å²) < 4.78 is 1.61. The Labute approximate surface area is 110 Å². The number of thioether (sulfide) groups is 4. The van der Waals surface area contributed by atoms with Gasteiger partial charge in [0.25, 0.3) is 0 Å². The molecule has 2 aliphatic heterocycles. The molecular weight excluding hydrogens is 260 g/mol. The van der Waals surface area contributed by atoms with Crippen molar-refractivity contribution in [3.05, 3.63) is 0 Å². The van der Waals surface area contributed by atoms with Crippen LogP contribution < -0.4 is 0 Å². The van der Waals surface area contributed by atoms with Crippen molar-refractivity contribution >= 4 is 47.0 Å². The predicted molar refractivity (Wildman–Crippen MR) is 78.3 cm³/mol. The molecule has 0 aromatic rings. The molecule has 1 aliphatic carbocycles. The lowest BCUT2D eigenvalue weighted by molar-refractivity contribution is 0.597. The number of rotatable bonds is 1. The zero-order chi connectivity index (χ0) is 10.1. The summed E-state index contributed by atoms with van der Waals surface area (Å²) in [6.45, 7) is 0. The lowest BCUT2D eigenvalue weighted by Gasteiger charge is -2.28. The van der Waals surface area contributed by atoms with Crippen molar-refractivity contribution in [2.45, 2.75) is 34.3 Å². The Bertz CT molecular complexity index is 219. The smallest absolute Gasteiger partial charge is 0.0615 e. The zero-order valence-corrected chi connectivity index (χ0v) is 12.2. The van der Waals surface area contributed by atoms with Crippen molar-refractivity contribution < 1.29 is 0 Å². The standard InChI is InChI=1S/C11H18S4/c1-4-12-10(13-5-1)9-2-3-11(8-9)14-6-7-15-11/h9-10H,1-8H2. The van der Waals surface area contributed by atoms with E-state index in [4.69, 9.17) is 0 Å². The van der Waals surface area contributed by atoms with E-state index in [1.54, 1.807) is 0 Å². The van der Waals surface area contributed by atoms with Gasteiger partial charge in [0, 0.05) is 11.5 Å². The predicted octanol–water partition coefficient (Wildman–Crippen LogP) is 4.16. The minimum atomic E-state index is 0.670. The highest BCUT2D eigenvalue weighted by Crippen LogP contribution is 2.58. The van der Waals surface area contributed by atoms with Crippen LogP contribution in [-0.4, -0.2) is 31.7 Å². The van der Waals surface area contributed by atoms with Gasteiger partial charge in [-0.2, -0.15) is 0 Å². The molecule has 2 heterocycles. The summed E-state index contributed by atoms with van der Waals surface area (Å²) >= 11 is 9.02. The summed E-state index contributed by atoms with van der Waals surface area (Å²) in [4.78, 5) is 0. The molecule has 4 heteroatoms. The molecule has 0 nitrogen and oxygen atoms in total. The van der Waals surface area contributed by atoms with Crippen LogP contribution in [0.25, 0.3) is 0 Å². The van der Waals surface area contributed by atoms with E-state index in [2.05, 4.69) is 47.0 Å². The molecule has 1 spiro atoms. The summed E-state index contributed by atoms with van der Waals surface area (Å²) in [6, 6.07) is 0. The molecule has 0 amide bonds. The van der Waals surface area contributed by atoms with E-state index in [0.717, 1.165) is 10.5 Å². The van der Waals surface area contributed by atoms with Crippen LogP contribution in [-0.2, 0) is 0 Å². The Kier molecular flexibility index (Phi) is 3.79. The topological polar surface area (TPSA) is 0 Å². The molecule has 0 aromatic carbocycles. The lowest BCUT2D eigenvalue weighted by Crippen LogP contribution is -2.19. The molecule has 3 fully saturated rings. The summed E-state index contributed by atoms with van der Waals surface area (Å²) in [5.74, 6) is 6.67. The van der Waals surface area contributed by atoms with Crippen LogP contribution in [0, 0.1) is 5.92 Å². The zero-order valence-electron chi connectivity index (χ0n) is 8.94. The second kappa shape index (κ2) is 4.95. The van der Waals surface area contributed by atoms with Gasteiger partial charge >= 0.3 is 0 Å². The molecule has 0 bridgehead atoms. The summed E-state index contributed by atoms with van der Waals surface area (Å²) in [7, 11) is 0. The Balaban J connectivity index is 1.60. The van der Waals surface area contributed by atoms with E-state index in [1.165, 1.54) is 48.7 Å². The van der Waals surface area contributed by atoms with Crippen molar-refractivity contribution in [3.63, 3.8) is 0 Å². The van der Waals surface area contributed by atoms with E-state index in [1.807, 2.05) is 0 Å². The maximum absolute atomic E-state index is 2.26. The second-order valence-electron chi connectivity index (χ2n) is 4.57. The van der Waals surface area contributed by atoms with Crippen molar-refractivity contribution in [1.82, 2.24) is 0 Å². The van der Waals surface area contributed by atoms with Crippen LogP contribution in [0.5, 0.6) is 0 Å². The molecular formula is C11H18S4. The van der Waals surface area contributed by atoms with Gasteiger partial charge in [-0.05, 0) is 43.1 Å². The molecule has 3 rings (SSSR count). The maximum Gasteiger partial charge on any atom is 0.0615 e. The van der Waals surface area contributed by atoms with E-state index in [0.29, 0.717) is 4.08 Å². The summed E-state index contributed by atoms with van der Waals surface area (Å²) in [6.07, 6.45) is 5.94. The Morgan fingerprint density at radius 3 is 2.40 bits per heavy atom. The van der Waals surface area contributed by atoms with Gasteiger partial charge in [-0.15, -0.1) is 47.0 Å². The summed E-state index contributed by atoms with van der Waals surface area (Å²) in [5.41, 5.74) is 0. The van der Waals surface area contributed by atoms with Gasteiger partial charge in [0.05, 0.1) is 8.66 Å². The minimum absolute atomic E-state index is 0.670. The molecule has 3 aliphatic rings. The minimum Gasteiger partial charge on any atom is -0.147 e. The van der Waals surface area contributed by atoms with Crippen LogP contribution in [0.3, 0.4) is 0 Å². The highest BCUT2D eigenvalue weighted by atomic mass is 32.2. The van der Waals surface area contributed by atoms with E-state index >= 15 is 0 Å². The Hall–Kier alpha value is 1.40. The van der Waals surface area contributed by atoms with Gasteiger partial charge in [0.2, 0.25) is 0 Å². The fourth-order valence-electron chi connectivity index (χ4n) is 2.78. The van der Waals surface area contributed by atoms with Crippen LogP contribution in [0.4, 0.5) is 0 Å². The molecule has 86 valence electrons. The van der Waals surface area contributed by atoms with Gasteiger partial charge < -0.3 is 0 Å². The highest BCUT2D eigenvalue weighted by molar-refractivity contribution is 8.21.